The van der Waals surface area contributed by atoms with Crippen LogP contribution in [0.1, 0.15) is 6.42 Å². The second-order valence-electron chi connectivity index (χ2n) is 4.72. The van der Waals surface area contributed by atoms with Gasteiger partial charge in [-0.15, -0.1) is 6.58 Å². The van der Waals surface area contributed by atoms with E-state index in [2.05, 4.69) is 31.7 Å². The van der Waals surface area contributed by atoms with Crippen molar-refractivity contribution in [2.24, 2.45) is 0 Å². The number of nitrogens with one attached hydrogen (secondary N) is 1. The molecule has 1 N–H and O–H groups in total. The van der Waals surface area contributed by atoms with Crippen LogP contribution in [0, 0.1) is 0 Å². The average molecular weight is 275 g/mol. The fraction of sp³-hybridized carbons (Fsp3) is 0.500. The van der Waals surface area contributed by atoms with Crippen LogP contribution in [0.4, 0.5) is 5.95 Å². The Morgan fingerprint density at radius 2 is 2.00 bits per heavy atom. The van der Waals surface area contributed by atoms with Crippen molar-refractivity contribution in [1.29, 1.82) is 0 Å². The SMILES string of the molecule is C=CCNC(=O)CCN1CCN(c2ncccn2)CC1. The molecule has 0 bridgehead atoms. The minimum atomic E-state index is 0.0822. The molecule has 6 heteroatoms. The van der Waals surface area contributed by atoms with E-state index in [0.717, 1.165) is 38.7 Å². The second-order valence-corrected chi connectivity index (χ2v) is 4.72. The van der Waals surface area contributed by atoms with Gasteiger partial charge in [-0.2, -0.15) is 0 Å². The highest BCUT2D eigenvalue weighted by molar-refractivity contribution is 5.76. The van der Waals surface area contributed by atoms with Crippen molar-refractivity contribution in [1.82, 2.24) is 20.2 Å². The van der Waals surface area contributed by atoms with E-state index < -0.39 is 0 Å². The fourth-order valence-corrected chi connectivity index (χ4v) is 2.16. The molecular weight excluding hydrogens is 254 g/mol. The molecule has 2 heterocycles. The van der Waals surface area contributed by atoms with Gasteiger partial charge in [-0.05, 0) is 6.07 Å². The van der Waals surface area contributed by atoms with Gasteiger partial charge in [-0.1, -0.05) is 6.08 Å². The molecule has 0 aliphatic carbocycles. The van der Waals surface area contributed by atoms with Crippen molar-refractivity contribution in [2.75, 3.05) is 44.2 Å². The van der Waals surface area contributed by atoms with Crippen LogP contribution in [-0.4, -0.2) is 60.0 Å². The summed E-state index contributed by atoms with van der Waals surface area (Å²) in [5, 5.41) is 2.79. The van der Waals surface area contributed by atoms with E-state index in [1.54, 1.807) is 18.5 Å². The second kappa shape index (κ2) is 7.59. The van der Waals surface area contributed by atoms with Gasteiger partial charge in [0.25, 0.3) is 0 Å². The van der Waals surface area contributed by atoms with E-state index in [1.165, 1.54) is 0 Å². The first-order chi connectivity index (χ1) is 9.79. The number of amides is 1. The number of anilines is 1. The van der Waals surface area contributed by atoms with E-state index in [4.69, 9.17) is 0 Å². The molecule has 0 aromatic carbocycles. The molecule has 1 aliphatic rings. The monoisotopic (exact) mass is 275 g/mol. The summed E-state index contributed by atoms with van der Waals surface area (Å²) in [5.74, 6) is 0.870. The van der Waals surface area contributed by atoms with Gasteiger partial charge in [0, 0.05) is 58.1 Å². The molecule has 0 spiro atoms. The maximum absolute atomic E-state index is 11.5. The molecule has 1 amide bonds. The van der Waals surface area contributed by atoms with Crippen LogP contribution in [-0.2, 0) is 4.79 Å². The number of aromatic nitrogens is 2. The third kappa shape index (κ3) is 4.31. The van der Waals surface area contributed by atoms with Gasteiger partial charge in [-0.25, -0.2) is 9.97 Å². The molecular formula is C14H21N5O. The normalized spacial score (nSPS) is 15.9. The van der Waals surface area contributed by atoms with Crippen molar-refractivity contribution in [3.8, 4) is 0 Å². The molecule has 2 rings (SSSR count). The summed E-state index contributed by atoms with van der Waals surface area (Å²) in [6.45, 7) is 8.59. The smallest absolute Gasteiger partial charge is 0.225 e. The first kappa shape index (κ1) is 14.5. The van der Waals surface area contributed by atoms with Gasteiger partial charge < -0.3 is 10.2 Å². The number of hydrogen-bond acceptors (Lipinski definition) is 5. The van der Waals surface area contributed by atoms with Gasteiger partial charge in [0.1, 0.15) is 0 Å². The fourth-order valence-electron chi connectivity index (χ4n) is 2.16. The van der Waals surface area contributed by atoms with Gasteiger partial charge >= 0.3 is 0 Å². The van der Waals surface area contributed by atoms with Crippen molar-refractivity contribution < 1.29 is 4.79 Å². The molecule has 0 radical (unpaired) electrons. The zero-order chi connectivity index (χ0) is 14.2. The Hall–Kier alpha value is -1.95. The van der Waals surface area contributed by atoms with Gasteiger partial charge in [0.15, 0.2) is 0 Å². The number of carbonyl (C=O) groups is 1. The first-order valence-electron chi connectivity index (χ1n) is 6.91. The standard InChI is InChI=1S/C14H21N5O/c1-2-5-15-13(20)4-8-18-9-11-19(12-10-18)14-16-6-3-7-17-14/h2-3,6-7H,1,4-5,8-12H2,(H,15,20). The third-order valence-electron chi connectivity index (χ3n) is 3.31. The Kier molecular flexibility index (Phi) is 5.49. The van der Waals surface area contributed by atoms with Crippen LogP contribution in [0.2, 0.25) is 0 Å². The Morgan fingerprint density at radius 1 is 1.30 bits per heavy atom. The van der Waals surface area contributed by atoms with Crippen LogP contribution in [0.3, 0.4) is 0 Å². The Balaban J connectivity index is 1.69. The van der Waals surface area contributed by atoms with Crippen LogP contribution in [0.5, 0.6) is 0 Å². The molecule has 1 aromatic heterocycles. The van der Waals surface area contributed by atoms with Gasteiger partial charge in [0.05, 0.1) is 0 Å². The molecule has 0 saturated carbocycles. The molecule has 1 fully saturated rings. The predicted octanol–water partition coefficient (Wildman–Crippen LogP) is 0.291. The van der Waals surface area contributed by atoms with Crippen LogP contribution < -0.4 is 10.2 Å². The number of carbonyl (C=O) groups excluding carboxylic acids is 1. The highest BCUT2D eigenvalue weighted by Gasteiger charge is 2.18. The molecule has 1 aliphatic heterocycles. The Bertz CT molecular complexity index is 428. The predicted molar refractivity (Wildman–Crippen MR) is 78.5 cm³/mol. The molecule has 108 valence electrons. The van der Waals surface area contributed by atoms with Crippen LogP contribution >= 0.6 is 0 Å². The Morgan fingerprint density at radius 3 is 2.65 bits per heavy atom. The van der Waals surface area contributed by atoms with E-state index in [-0.39, 0.29) is 5.91 Å². The largest absolute Gasteiger partial charge is 0.353 e. The topological polar surface area (TPSA) is 61.4 Å². The lowest BCUT2D eigenvalue weighted by Crippen LogP contribution is -2.47. The van der Waals surface area contributed by atoms with Crippen LogP contribution in [0.15, 0.2) is 31.1 Å². The summed E-state index contributed by atoms with van der Waals surface area (Å²) in [5.41, 5.74) is 0. The van der Waals surface area contributed by atoms with E-state index in [9.17, 15) is 4.79 Å². The summed E-state index contributed by atoms with van der Waals surface area (Å²) < 4.78 is 0. The quantitative estimate of drug-likeness (QED) is 0.756. The van der Waals surface area contributed by atoms with E-state index >= 15 is 0 Å². The zero-order valence-corrected chi connectivity index (χ0v) is 11.7. The summed E-state index contributed by atoms with van der Waals surface area (Å²) in [7, 11) is 0. The first-order valence-corrected chi connectivity index (χ1v) is 6.91. The highest BCUT2D eigenvalue weighted by atomic mass is 16.1. The van der Waals surface area contributed by atoms with Crippen molar-refractivity contribution in [3.05, 3.63) is 31.1 Å². The molecule has 0 atom stereocenters. The summed E-state index contributed by atoms with van der Waals surface area (Å²) in [6.07, 6.45) is 5.75. The third-order valence-corrected chi connectivity index (χ3v) is 3.31. The zero-order valence-electron chi connectivity index (χ0n) is 11.7. The average Bonchev–Trinajstić information content (AvgIpc) is 2.52. The van der Waals surface area contributed by atoms with Crippen molar-refractivity contribution >= 4 is 11.9 Å². The summed E-state index contributed by atoms with van der Waals surface area (Å²) >= 11 is 0. The molecule has 0 unspecified atom stereocenters. The summed E-state index contributed by atoms with van der Waals surface area (Å²) in [6, 6.07) is 1.82. The van der Waals surface area contributed by atoms with Gasteiger partial charge in [-0.3, -0.25) is 9.69 Å². The highest BCUT2D eigenvalue weighted by Crippen LogP contribution is 2.09. The minimum absolute atomic E-state index is 0.0822. The number of piperazine rings is 1. The number of rotatable bonds is 6. The number of nitrogens with zero attached hydrogens (tertiary/aromatic N) is 4. The maximum atomic E-state index is 11.5. The number of hydrogen-bond donors (Lipinski definition) is 1. The van der Waals surface area contributed by atoms with E-state index in [0.29, 0.717) is 13.0 Å². The molecule has 6 nitrogen and oxygen atoms in total. The lowest BCUT2D eigenvalue weighted by Gasteiger charge is -2.34. The van der Waals surface area contributed by atoms with Crippen molar-refractivity contribution in [2.45, 2.75) is 6.42 Å². The molecule has 1 saturated heterocycles. The summed E-state index contributed by atoms with van der Waals surface area (Å²) in [4.78, 5) is 24.5. The van der Waals surface area contributed by atoms with E-state index in [1.807, 2.05) is 6.07 Å². The molecule has 20 heavy (non-hydrogen) atoms. The maximum Gasteiger partial charge on any atom is 0.225 e. The lowest BCUT2D eigenvalue weighted by molar-refractivity contribution is -0.121. The Labute approximate surface area is 119 Å². The van der Waals surface area contributed by atoms with Gasteiger partial charge in [0.2, 0.25) is 11.9 Å². The minimum Gasteiger partial charge on any atom is -0.353 e. The lowest BCUT2D eigenvalue weighted by atomic mass is 10.3. The van der Waals surface area contributed by atoms with Crippen molar-refractivity contribution in [3.63, 3.8) is 0 Å². The molecule has 1 aromatic rings. The van der Waals surface area contributed by atoms with Crippen LogP contribution in [0.25, 0.3) is 0 Å².